The van der Waals surface area contributed by atoms with Gasteiger partial charge < -0.3 is 21.1 Å². The summed E-state index contributed by atoms with van der Waals surface area (Å²) in [7, 11) is 0. The van der Waals surface area contributed by atoms with E-state index in [4.69, 9.17) is 10.5 Å². The molecule has 2 atom stereocenters. The second-order valence-corrected chi connectivity index (χ2v) is 11.2. The first kappa shape index (κ1) is 31.2. The number of halogens is 2. The molecule has 0 bridgehead atoms. The maximum absolute atomic E-state index is 15.6. The van der Waals surface area contributed by atoms with Crippen LogP contribution in [0.25, 0.3) is 16.9 Å². The summed E-state index contributed by atoms with van der Waals surface area (Å²) >= 11 is 0. The molecule has 0 saturated carbocycles. The number of para-hydroxylation sites is 1. The average molecular weight is 638 g/mol. The number of benzene rings is 3. The molecule has 1 aliphatic rings. The monoisotopic (exact) mass is 637 g/mol. The highest BCUT2D eigenvalue weighted by atomic mass is 19.1. The van der Waals surface area contributed by atoms with E-state index >= 15 is 4.39 Å². The van der Waals surface area contributed by atoms with Crippen LogP contribution in [-0.2, 0) is 20.9 Å². The fraction of sp³-hybridized carbons (Fsp3) is 0.176. The lowest BCUT2D eigenvalue weighted by molar-refractivity contribution is -0.147. The van der Waals surface area contributed by atoms with Gasteiger partial charge in [0.15, 0.2) is 5.65 Å². The molecule has 0 unspecified atom stereocenters. The number of aromatic nitrogens is 3. The lowest BCUT2D eigenvalue weighted by Gasteiger charge is -2.15. The second-order valence-electron chi connectivity index (χ2n) is 11.2. The number of carbonyl (C=O) groups is 3. The van der Waals surface area contributed by atoms with Gasteiger partial charge in [-0.2, -0.15) is 5.10 Å². The Hall–Kier alpha value is -5.82. The molecule has 1 aliphatic heterocycles. The van der Waals surface area contributed by atoms with Crippen molar-refractivity contribution >= 4 is 34.8 Å². The van der Waals surface area contributed by atoms with Gasteiger partial charge in [-0.15, -0.1) is 0 Å². The van der Waals surface area contributed by atoms with Gasteiger partial charge in [-0.25, -0.2) is 23.3 Å². The molecule has 4 N–H and O–H groups in total. The highest BCUT2D eigenvalue weighted by molar-refractivity contribution is 6.20. The number of hydrogen-bond donors (Lipinski definition) is 3. The van der Waals surface area contributed by atoms with Gasteiger partial charge in [-0.05, 0) is 35.7 Å². The summed E-state index contributed by atoms with van der Waals surface area (Å²) in [6.07, 6.45) is 1.47. The molecule has 47 heavy (non-hydrogen) atoms. The average Bonchev–Trinajstić information content (AvgIpc) is 3.39. The molecule has 2 aromatic heterocycles. The van der Waals surface area contributed by atoms with Crippen LogP contribution in [-0.4, -0.2) is 50.3 Å². The Bertz CT molecular complexity index is 2050. The van der Waals surface area contributed by atoms with Crippen LogP contribution in [0.5, 0.6) is 0 Å². The zero-order valence-electron chi connectivity index (χ0n) is 25.3. The predicted octanol–water partition coefficient (Wildman–Crippen LogP) is 4.25. The summed E-state index contributed by atoms with van der Waals surface area (Å²) in [5.41, 5.74) is 7.19. The molecule has 0 saturated heterocycles. The lowest BCUT2D eigenvalue weighted by atomic mass is 10.0. The van der Waals surface area contributed by atoms with E-state index in [1.54, 1.807) is 56.3 Å². The number of nitrogens with zero attached hydrogens (tertiary/aromatic N) is 4. The van der Waals surface area contributed by atoms with Crippen LogP contribution in [0.2, 0.25) is 0 Å². The maximum Gasteiger partial charge on any atom is 0.323 e. The molecule has 6 rings (SSSR count). The van der Waals surface area contributed by atoms with Crippen molar-refractivity contribution in [1.29, 1.82) is 0 Å². The van der Waals surface area contributed by atoms with Crippen molar-refractivity contribution in [3.8, 4) is 11.3 Å². The number of rotatable bonds is 8. The molecule has 11 nitrogen and oxygen atoms in total. The predicted molar refractivity (Wildman–Crippen MR) is 169 cm³/mol. The van der Waals surface area contributed by atoms with Gasteiger partial charge in [0.05, 0.1) is 11.4 Å². The van der Waals surface area contributed by atoms with Crippen molar-refractivity contribution in [2.45, 2.75) is 32.7 Å². The third-order valence-electron chi connectivity index (χ3n) is 7.62. The number of nitrogens with one attached hydrogen (secondary N) is 2. The van der Waals surface area contributed by atoms with Crippen LogP contribution in [0, 0.1) is 17.6 Å². The first-order valence-electron chi connectivity index (χ1n) is 14.7. The SMILES string of the molecule is CC(C)[C@@H](N)C(=O)OCc1ccc(-c2nn3cccnc3c2C(=O)N[C@H]2N=C(c3ccccc3)c3cccc(F)c3NC2=O)c(F)c1. The minimum atomic E-state index is -1.50. The minimum Gasteiger partial charge on any atom is -0.460 e. The Balaban J connectivity index is 1.35. The molecule has 0 spiro atoms. The highest BCUT2D eigenvalue weighted by Crippen LogP contribution is 2.30. The van der Waals surface area contributed by atoms with Gasteiger partial charge in [0.1, 0.15) is 35.5 Å². The highest BCUT2D eigenvalue weighted by Gasteiger charge is 2.32. The summed E-state index contributed by atoms with van der Waals surface area (Å²) in [5.74, 6) is -3.77. The van der Waals surface area contributed by atoms with Gasteiger partial charge in [0, 0.05) is 29.1 Å². The van der Waals surface area contributed by atoms with Gasteiger partial charge in [-0.3, -0.25) is 14.4 Å². The van der Waals surface area contributed by atoms with E-state index in [0.29, 0.717) is 16.7 Å². The lowest BCUT2D eigenvalue weighted by Crippen LogP contribution is -2.42. The molecule has 5 aromatic rings. The molecule has 0 radical (unpaired) electrons. The molecule has 2 amide bonds. The Morgan fingerprint density at radius 2 is 1.81 bits per heavy atom. The van der Waals surface area contributed by atoms with E-state index in [1.165, 1.54) is 47.2 Å². The topological polar surface area (TPSA) is 153 Å². The zero-order chi connectivity index (χ0) is 33.2. The van der Waals surface area contributed by atoms with E-state index in [2.05, 4.69) is 25.7 Å². The van der Waals surface area contributed by atoms with Crippen LogP contribution in [0.1, 0.15) is 40.9 Å². The van der Waals surface area contributed by atoms with Crippen LogP contribution < -0.4 is 16.4 Å². The summed E-state index contributed by atoms with van der Waals surface area (Å²) in [5, 5.41) is 9.56. The van der Waals surface area contributed by atoms with Crippen molar-refractivity contribution in [1.82, 2.24) is 19.9 Å². The van der Waals surface area contributed by atoms with Crippen LogP contribution in [0.3, 0.4) is 0 Å². The van der Waals surface area contributed by atoms with Crippen molar-refractivity contribution in [3.05, 3.63) is 119 Å². The number of esters is 1. The largest absolute Gasteiger partial charge is 0.460 e. The quantitative estimate of drug-likeness (QED) is 0.215. The number of hydrogen-bond acceptors (Lipinski definition) is 8. The summed E-state index contributed by atoms with van der Waals surface area (Å²) in [6.45, 7) is 3.36. The number of ether oxygens (including phenoxy) is 1. The minimum absolute atomic E-state index is 0.0390. The number of nitrogens with two attached hydrogens (primary N) is 1. The smallest absolute Gasteiger partial charge is 0.323 e. The van der Waals surface area contributed by atoms with Crippen LogP contribution in [0.15, 0.2) is 90.2 Å². The number of carbonyl (C=O) groups excluding carboxylic acids is 3. The van der Waals surface area contributed by atoms with E-state index in [9.17, 15) is 18.8 Å². The number of anilines is 1. The van der Waals surface area contributed by atoms with E-state index in [-0.39, 0.29) is 46.4 Å². The fourth-order valence-electron chi connectivity index (χ4n) is 5.07. The molecule has 0 aliphatic carbocycles. The summed E-state index contributed by atoms with van der Waals surface area (Å²) in [6, 6.07) is 18.1. The summed E-state index contributed by atoms with van der Waals surface area (Å²) < 4.78 is 37.1. The fourth-order valence-corrected chi connectivity index (χ4v) is 5.07. The van der Waals surface area contributed by atoms with Crippen molar-refractivity contribution in [2.24, 2.45) is 16.6 Å². The van der Waals surface area contributed by atoms with Crippen molar-refractivity contribution < 1.29 is 27.9 Å². The third kappa shape index (κ3) is 6.20. The van der Waals surface area contributed by atoms with Gasteiger partial charge >= 0.3 is 5.97 Å². The van der Waals surface area contributed by atoms with Crippen LogP contribution in [0.4, 0.5) is 14.5 Å². The second kappa shape index (κ2) is 12.9. The molecule has 3 heterocycles. The number of fused-ring (bicyclic) bond motifs is 2. The first-order valence-corrected chi connectivity index (χ1v) is 14.7. The maximum atomic E-state index is 15.6. The van der Waals surface area contributed by atoms with Gasteiger partial charge in [0.2, 0.25) is 6.17 Å². The van der Waals surface area contributed by atoms with Crippen molar-refractivity contribution in [3.63, 3.8) is 0 Å². The third-order valence-corrected chi connectivity index (χ3v) is 7.62. The van der Waals surface area contributed by atoms with Gasteiger partial charge in [-0.1, -0.05) is 62.4 Å². The van der Waals surface area contributed by atoms with Crippen molar-refractivity contribution in [2.75, 3.05) is 5.32 Å². The Morgan fingerprint density at radius 1 is 1.02 bits per heavy atom. The summed E-state index contributed by atoms with van der Waals surface area (Å²) in [4.78, 5) is 48.4. The molecular formula is C34H29F2N7O4. The zero-order valence-corrected chi connectivity index (χ0v) is 25.3. The molecule has 13 heteroatoms. The Labute approximate surface area is 267 Å². The van der Waals surface area contributed by atoms with Gasteiger partial charge in [0.25, 0.3) is 11.8 Å². The number of aliphatic imine (C=N–C) groups is 1. The normalized spacial score (nSPS) is 15.0. The first-order chi connectivity index (χ1) is 22.6. The molecule has 238 valence electrons. The Morgan fingerprint density at radius 3 is 2.55 bits per heavy atom. The number of amides is 2. The van der Waals surface area contributed by atoms with E-state index < -0.39 is 41.6 Å². The number of benzodiazepines with no additional fused rings is 1. The van der Waals surface area contributed by atoms with E-state index in [0.717, 1.165) is 0 Å². The molecule has 0 fully saturated rings. The molecular weight excluding hydrogens is 608 g/mol. The van der Waals surface area contributed by atoms with Crippen LogP contribution >= 0.6 is 0 Å². The molecule has 3 aromatic carbocycles. The standard InChI is InChI=1S/C34H29F2N7O4/c1-18(2)26(37)34(46)47-17-19-12-13-21(24(36)16-19)29-25(31-38-14-7-15-43(31)42-29)32(44)41-30-33(45)40-28-22(10-6-11-23(28)35)27(39-30)20-8-4-3-5-9-20/h3-16,18,26,30H,17,37H2,1-2H3,(H,40,45)(H,41,44)/t26-,30-/m1/s1. The Kier molecular flexibility index (Phi) is 8.55. The van der Waals surface area contributed by atoms with E-state index in [1.807, 2.05) is 0 Å².